The van der Waals surface area contributed by atoms with E-state index in [1.807, 2.05) is 0 Å². The molecule has 8 heteroatoms. The van der Waals surface area contributed by atoms with Gasteiger partial charge < -0.3 is 8.37 Å². The van der Waals surface area contributed by atoms with Crippen LogP contribution in [0.2, 0.25) is 0 Å². The van der Waals surface area contributed by atoms with Crippen LogP contribution in [0.25, 0.3) is 0 Å². The fourth-order valence-electron chi connectivity index (χ4n) is 0.440. The number of rotatable bonds is 6. The van der Waals surface area contributed by atoms with Gasteiger partial charge >= 0.3 is 20.2 Å². The Kier molecular flexibility index (Phi) is 3.95. The van der Waals surface area contributed by atoms with Crippen molar-refractivity contribution in [3.8, 4) is 0 Å². The summed E-state index contributed by atoms with van der Waals surface area (Å²) in [6.07, 6.45) is 1.22. The third kappa shape index (κ3) is 5.26. The normalized spacial score (nSPS) is 11.7. The molecule has 0 radical (unpaired) electrons. The first kappa shape index (κ1) is 12.0. The first-order valence-corrected chi connectivity index (χ1v) is 6.02. The lowest BCUT2D eigenvalue weighted by molar-refractivity contribution is 0.433. The van der Waals surface area contributed by atoms with Crippen molar-refractivity contribution in [2.75, 3.05) is 5.08 Å². The summed E-state index contributed by atoms with van der Waals surface area (Å²) in [5.74, 6) is 0. The topological polar surface area (TPSA) is 86.7 Å². The molecule has 0 aromatic rings. The lowest BCUT2D eigenvalue weighted by Gasteiger charge is -2.02. The van der Waals surface area contributed by atoms with E-state index in [2.05, 4.69) is 21.5 Å². The van der Waals surface area contributed by atoms with Crippen LogP contribution in [0.1, 0.15) is 0 Å². The molecule has 76 valence electrons. The minimum Gasteiger partial charge on any atom is -0.390 e. The van der Waals surface area contributed by atoms with E-state index in [-0.39, 0.29) is 0 Å². The zero-order valence-corrected chi connectivity index (χ0v) is 8.18. The molecule has 0 atom stereocenters. The van der Waals surface area contributed by atoms with Gasteiger partial charge in [-0.25, -0.2) is 0 Å². The highest BCUT2D eigenvalue weighted by atomic mass is 32.3. The predicted molar refractivity (Wildman–Crippen MR) is 45.3 cm³/mol. The lowest BCUT2D eigenvalue weighted by Crippen LogP contribution is -2.17. The summed E-state index contributed by atoms with van der Waals surface area (Å²) in [5.41, 5.74) is 0. The highest BCUT2D eigenvalue weighted by Gasteiger charge is 2.23. The van der Waals surface area contributed by atoms with Crippen molar-refractivity contribution in [3.05, 3.63) is 25.7 Å². The average Bonchev–Trinajstić information content (AvgIpc) is 1.82. The van der Waals surface area contributed by atoms with E-state index in [1.165, 1.54) is 0 Å². The van der Waals surface area contributed by atoms with E-state index < -0.39 is 25.3 Å². The van der Waals surface area contributed by atoms with E-state index in [1.54, 1.807) is 0 Å². The SMILES string of the molecule is C=COS(=O)(=O)CS(=O)(=O)OC=C. The Morgan fingerprint density at radius 3 is 1.46 bits per heavy atom. The Bertz CT molecular complexity index is 337. The Balaban J connectivity index is 4.62. The molecule has 13 heavy (non-hydrogen) atoms. The molecule has 0 heterocycles. The molecular formula is C5H8O6S2. The fraction of sp³-hybridized carbons (Fsp3) is 0.200. The fourth-order valence-corrected chi connectivity index (χ4v) is 2.71. The van der Waals surface area contributed by atoms with Gasteiger partial charge in [0.15, 0.2) is 0 Å². The van der Waals surface area contributed by atoms with Gasteiger partial charge in [-0.1, -0.05) is 13.2 Å². The van der Waals surface area contributed by atoms with Crippen LogP contribution in [-0.2, 0) is 28.6 Å². The molecule has 0 rings (SSSR count). The monoisotopic (exact) mass is 228 g/mol. The van der Waals surface area contributed by atoms with Gasteiger partial charge in [0, 0.05) is 0 Å². The van der Waals surface area contributed by atoms with Crippen LogP contribution in [0.4, 0.5) is 0 Å². The first-order valence-electron chi connectivity index (χ1n) is 2.87. The Morgan fingerprint density at radius 2 is 1.23 bits per heavy atom. The van der Waals surface area contributed by atoms with E-state index in [9.17, 15) is 16.8 Å². The Labute approximate surface area is 76.7 Å². The van der Waals surface area contributed by atoms with Crippen molar-refractivity contribution >= 4 is 20.2 Å². The molecule has 0 saturated heterocycles. The summed E-state index contributed by atoms with van der Waals surface area (Å²) in [6.45, 7) is 5.93. The van der Waals surface area contributed by atoms with Gasteiger partial charge in [0.2, 0.25) is 5.08 Å². The van der Waals surface area contributed by atoms with Crippen molar-refractivity contribution in [2.24, 2.45) is 0 Å². The molecule has 0 unspecified atom stereocenters. The first-order chi connectivity index (χ1) is 5.83. The van der Waals surface area contributed by atoms with E-state index in [0.717, 1.165) is 0 Å². The van der Waals surface area contributed by atoms with Gasteiger partial charge in [-0.05, 0) is 0 Å². The second-order valence-electron chi connectivity index (χ2n) is 1.76. The van der Waals surface area contributed by atoms with Gasteiger partial charge in [0.25, 0.3) is 0 Å². The van der Waals surface area contributed by atoms with Crippen LogP contribution in [0.15, 0.2) is 25.7 Å². The molecule has 0 amide bonds. The molecule has 0 fully saturated rings. The maximum Gasteiger partial charge on any atom is 0.326 e. The zero-order chi connectivity index (χ0) is 10.5. The van der Waals surface area contributed by atoms with Gasteiger partial charge in [0.1, 0.15) is 0 Å². The largest absolute Gasteiger partial charge is 0.390 e. The van der Waals surface area contributed by atoms with Crippen molar-refractivity contribution in [2.45, 2.75) is 0 Å². The second-order valence-corrected chi connectivity index (χ2v) is 5.32. The van der Waals surface area contributed by atoms with Gasteiger partial charge in [-0.2, -0.15) is 16.8 Å². The summed E-state index contributed by atoms with van der Waals surface area (Å²) in [7, 11) is -8.38. The molecule has 0 aromatic heterocycles. The third-order valence-electron chi connectivity index (χ3n) is 0.718. The molecular weight excluding hydrogens is 220 g/mol. The Hall–Kier alpha value is -1.02. The maximum atomic E-state index is 10.7. The molecule has 0 aliphatic heterocycles. The van der Waals surface area contributed by atoms with Crippen LogP contribution in [-0.4, -0.2) is 21.9 Å². The van der Waals surface area contributed by atoms with Crippen molar-refractivity contribution in [1.29, 1.82) is 0 Å². The van der Waals surface area contributed by atoms with E-state index in [4.69, 9.17) is 0 Å². The van der Waals surface area contributed by atoms with Crippen molar-refractivity contribution in [3.63, 3.8) is 0 Å². The van der Waals surface area contributed by atoms with Crippen LogP contribution < -0.4 is 0 Å². The Morgan fingerprint density at radius 1 is 0.923 bits per heavy atom. The summed E-state index contributed by atoms with van der Waals surface area (Å²) in [4.78, 5) is 0. The smallest absolute Gasteiger partial charge is 0.326 e. The third-order valence-corrected chi connectivity index (χ3v) is 3.89. The lowest BCUT2D eigenvalue weighted by atomic mass is 11.2. The van der Waals surface area contributed by atoms with Gasteiger partial charge in [-0.15, -0.1) is 0 Å². The molecule has 0 N–H and O–H groups in total. The molecule has 0 aliphatic rings. The minimum atomic E-state index is -4.19. The molecule has 0 bridgehead atoms. The summed E-state index contributed by atoms with van der Waals surface area (Å²) >= 11 is 0. The zero-order valence-electron chi connectivity index (χ0n) is 6.54. The summed E-state index contributed by atoms with van der Waals surface area (Å²) in [5, 5.41) is -1.28. The van der Waals surface area contributed by atoms with Crippen LogP contribution >= 0.6 is 0 Å². The molecule has 0 saturated carbocycles. The van der Waals surface area contributed by atoms with Crippen molar-refractivity contribution in [1.82, 2.24) is 0 Å². The maximum absolute atomic E-state index is 10.7. The molecule has 0 aliphatic carbocycles. The molecule has 0 aromatic carbocycles. The van der Waals surface area contributed by atoms with Crippen LogP contribution in [0, 0.1) is 0 Å². The highest BCUT2D eigenvalue weighted by molar-refractivity contribution is 8.03. The second kappa shape index (κ2) is 4.28. The number of hydrogen-bond donors (Lipinski definition) is 0. The van der Waals surface area contributed by atoms with Crippen LogP contribution in [0.3, 0.4) is 0 Å². The summed E-state index contributed by atoms with van der Waals surface area (Å²) in [6, 6.07) is 0. The van der Waals surface area contributed by atoms with Crippen molar-refractivity contribution < 1.29 is 25.2 Å². The minimum absolute atomic E-state index is 0.610. The predicted octanol–water partition coefficient (Wildman–Crippen LogP) is -0.0763. The quantitative estimate of drug-likeness (QED) is 0.467. The average molecular weight is 228 g/mol. The summed E-state index contributed by atoms with van der Waals surface area (Å²) < 4.78 is 50.8. The van der Waals surface area contributed by atoms with E-state index >= 15 is 0 Å². The van der Waals surface area contributed by atoms with Gasteiger partial charge in [-0.3, -0.25) is 0 Å². The van der Waals surface area contributed by atoms with E-state index in [0.29, 0.717) is 12.5 Å². The van der Waals surface area contributed by atoms with Crippen LogP contribution in [0.5, 0.6) is 0 Å². The standard InChI is InChI=1S/C5H8O6S2/c1-3-10-12(6,7)5-13(8,9)11-4-2/h3-4H,1-2,5H2. The molecule has 0 spiro atoms. The molecule has 6 nitrogen and oxygen atoms in total. The number of hydrogen-bond acceptors (Lipinski definition) is 6. The highest BCUT2D eigenvalue weighted by Crippen LogP contribution is 2.02. The van der Waals surface area contributed by atoms with Gasteiger partial charge in [0.05, 0.1) is 12.5 Å².